The van der Waals surface area contributed by atoms with Crippen LogP contribution < -0.4 is 9.47 Å². The summed E-state index contributed by atoms with van der Waals surface area (Å²) >= 11 is 6.72. The molecule has 2 rings (SSSR count). The molecule has 7 heteroatoms. The Labute approximate surface area is 167 Å². The van der Waals surface area contributed by atoms with Gasteiger partial charge in [0.1, 0.15) is 0 Å². The molecule has 0 atom stereocenters. The third-order valence-corrected chi connectivity index (χ3v) is 4.82. The smallest absolute Gasteiger partial charge is 0.178 e. The zero-order valence-electron chi connectivity index (χ0n) is 14.0. The summed E-state index contributed by atoms with van der Waals surface area (Å²) < 4.78 is 11.4. The number of aromatic hydroxyl groups is 2. The molecule has 0 spiro atoms. The van der Waals surface area contributed by atoms with Gasteiger partial charge in [-0.05, 0) is 59.7 Å². The van der Waals surface area contributed by atoms with Crippen molar-refractivity contribution in [3.05, 3.63) is 56.5 Å². The predicted molar refractivity (Wildman–Crippen MR) is 108 cm³/mol. The molecule has 0 radical (unpaired) electrons. The van der Waals surface area contributed by atoms with E-state index in [0.29, 0.717) is 31.6 Å². The van der Waals surface area contributed by atoms with Crippen LogP contribution in [0.5, 0.6) is 23.0 Å². The Morgan fingerprint density at radius 1 is 0.846 bits per heavy atom. The van der Waals surface area contributed by atoms with Crippen LogP contribution in [0, 0.1) is 0 Å². The Bertz CT molecular complexity index is 816. The number of halogens is 2. The lowest BCUT2D eigenvalue weighted by molar-refractivity contribution is -0.110. The molecule has 2 aromatic rings. The van der Waals surface area contributed by atoms with Gasteiger partial charge in [0.2, 0.25) is 0 Å². The van der Waals surface area contributed by atoms with Crippen molar-refractivity contribution in [2.45, 2.75) is 0 Å². The summed E-state index contributed by atoms with van der Waals surface area (Å²) in [6.07, 6.45) is 5.91. The third kappa shape index (κ3) is 4.89. The van der Waals surface area contributed by atoms with E-state index in [2.05, 4.69) is 31.9 Å². The number of hydrogen-bond acceptors (Lipinski definition) is 5. The van der Waals surface area contributed by atoms with Gasteiger partial charge in [-0.15, -0.1) is 0 Å². The molecule has 0 aliphatic carbocycles. The monoisotopic (exact) mass is 482 g/mol. The number of allylic oxidation sites excluding steroid dienone is 2. The van der Waals surface area contributed by atoms with Crippen LogP contribution in [-0.4, -0.2) is 30.2 Å². The standard InChI is InChI=1S/C19H16Br2O5/c1-25-18-9-14(20)11(7-16(18)23)3-5-13(22)6-4-12-8-17(24)19(26-2)10-15(12)21/h3-10,23-24H,1-2H3/b5-3+,6-4+. The SMILES string of the molecule is COc1cc(Br)c(/C=C/C(=O)/C=C/c2cc(O)c(OC)cc2Br)cc1O. The molecule has 2 N–H and O–H groups in total. The van der Waals surface area contributed by atoms with E-state index in [-0.39, 0.29) is 17.3 Å². The molecule has 0 unspecified atom stereocenters. The number of carbonyl (C=O) groups excluding carboxylic acids is 1. The molecule has 0 aliphatic heterocycles. The van der Waals surface area contributed by atoms with Gasteiger partial charge in [-0.3, -0.25) is 4.79 Å². The van der Waals surface area contributed by atoms with Crippen molar-refractivity contribution in [1.29, 1.82) is 0 Å². The van der Waals surface area contributed by atoms with E-state index < -0.39 is 0 Å². The summed E-state index contributed by atoms with van der Waals surface area (Å²) in [4.78, 5) is 12.0. The zero-order chi connectivity index (χ0) is 19.3. The van der Waals surface area contributed by atoms with Crippen LogP contribution >= 0.6 is 31.9 Å². The van der Waals surface area contributed by atoms with Gasteiger partial charge in [0.05, 0.1) is 14.2 Å². The number of rotatable bonds is 6. The highest BCUT2D eigenvalue weighted by molar-refractivity contribution is 9.10. The van der Waals surface area contributed by atoms with E-state index in [1.165, 1.54) is 38.5 Å². The molecule has 0 heterocycles. The van der Waals surface area contributed by atoms with E-state index in [4.69, 9.17) is 9.47 Å². The maximum Gasteiger partial charge on any atom is 0.178 e. The summed E-state index contributed by atoms with van der Waals surface area (Å²) in [5.74, 6) is 0.384. The molecule has 5 nitrogen and oxygen atoms in total. The summed E-state index contributed by atoms with van der Waals surface area (Å²) in [5.41, 5.74) is 1.27. The quantitative estimate of drug-likeness (QED) is 0.569. The van der Waals surface area contributed by atoms with Gasteiger partial charge in [-0.25, -0.2) is 0 Å². The van der Waals surface area contributed by atoms with E-state index in [1.54, 1.807) is 24.3 Å². The van der Waals surface area contributed by atoms with Gasteiger partial charge in [0, 0.05) is 8.95 Å². The largest absolute Gasteiger partial charge is 0.504 e. The number of hydrogen-bond donors (Lipinski definition) is 2. The number of phenolic OH excluding ortho intramolecular Hbond substituents is 2. The maximum absolute atomic E-state index is 12.0. The number of carbonyl (C=O) groups is 1. The summed E-state index contributed by atoms with van der Waals surface area (Å²) in [5, 5.41) is 19.6. The highest BCUT2D eigenvalue weighted by Crippen LogP contribution is 2.34. The first-order valence-corrected chi connectivity index (χ1v) is 8.97. The van der Waals surface area contributed by atoms with Crippen LogP contribution in [0.4, 0.5) is 0 Å². The Morgan fingerprint density at radius 3 is 1.58 bits per heavy atom. The fourth-order valence-electron chi connectivity index (χ4n) is 2.10. The number of methoxy groups -OCH3 is 2. The minimum Gasteiger partial charge on any atom is -0.504 e. The van der Waals surface area contributed by atoms with Gasteiger partial charge < -0.3 is 19.7 Å². The van der Waals surface area contributed by atoms with E-state index >= 15 is 0 Å². The van der Waals surface area contributed by atoms with Crippen molar-refractivity contribution in [3.8, 4) is 23.0 Å². The average Bonchev–Trinajstić information content (AvgIpc) is 2.62. The molecule has 0 saturated carbocycles. The van der Waals surface area contributed by atoms with Crippen LogP contribution in [0.2, 0.25) is 0 Å². The second kappa shape index (κ2) is 8.91. The Balaban J connectivity index is 2.16. The maximum atomic E-state index is 12.0. The normalized spacial score (nSPS) is 11.2. The second-order valence-electron chi connectivity index (χ2n) is 5.16. The van der Waals surface area contributed by atoms with Crippen molar-refractivity contribution in [3.63, 3.8) is 0 Å². The van der Waals surface area contributed by atoms with Crippen molar-refractivity contribution in [2.24, 2.45) is 0 Å². The summed E-state index contributed by atoms with van der Waals surface area (Å²) in [6.45, 7) is 0. The second-order valence-corrected chi connectivity index (χ2v) is 6.87. The van der Waals surface area contributed by atoms with Gasteiger partial charge >= 0.3 is 0 Å². The van der Waals surface area contributed by atoms with Gasteiger partial charge in [-0.2, -0.15) is 0 Å². The van der Waals surface area contributed by atoms with E-state index in [0.717, 1.165) is 0 Å². The highest BCUT2D eigenvalue weighted by Gasteiger charge is 2.07. The van der Waals surface area contributed by atoms with Crippen molar-refractivity contribution in [1.82, 2.24) is 0 Å². The summed E-state index contributed by atoms with van der Waals surface area (Å²) in [6, 6.07) is 6.22. The number of phenols is 2. The highest BCUT2D eigenvalue weighted by atomic mass is 79.9. The Morgan fingerprint density at radius 2 is 1.23 bits per heavy atom. The minimum atomic E-state index is -0.255. The fraction of sp³-hybridized carbons (Fsp3) is 0.105. The molecule has 0 amide bonds. The topological polar surface area (TPSA) is 76.0 Å². The molecule has 0 saturated heterocycles. The van der Waals surface area contributed by atoms with Crippen LogP contribution in [0.3, 0.4) is 0 Å². The Hall–Kier alpha value is -2.25. The van der Waals surface area contributed by atoms with Gasteiger partial charge in [0.15, 0.2) is 28.8 Å². The Kier molecular flexibility index (Phi) is 6.88. The lowest BCUT2D eigenvalue weighted by Crippen LogP contribution is -1.89. The number of ether oxygens (including phenoxy) is 2. The van der Waals surface area contributed by atoms with Gasteiger partial charge in [0.25, 0.3) is 0 Å². The number of ketones is 1. The van der Waals surface area contributed by atoms with Crippen molar-refractivity contribution >= 4 is 49.8 Å². The van der Waals surface area contributed by atoms with Crippen molar-refractivity contribution < 1.29 is 24.5 Å². The van der Waals surface area contributed by atoms with Crippen LogP contribution in [0.1, 0.15) is 11.1 Å². The zero-order valence-corrected chi connectivity index (χ0v) is 17.2. The first kappa shape index (κ1) is 20.1. The molecule has 0 aromatic heterocycles. The predicted octanol–water partition coefficient (Wildman–Crippen LogP) is 4.94. The van der Waals surface area contributed by atoms with E-state index in [1.807, 2.05) is 0 Å². The van der Waals surface area contributed by atoms with Crippen LogP contribution in [0.15, 0.2) is 45.4 Å². The average molecular weight is 484 g/mol. The molecular weight excluding hydrogens is 468 g/mol. The third-order valence-electron chi connectivity index (χ3n) is 3.45. The first-order chi connectivity index (χ1) is 12.3. The molecule has 0 bridgehead atoms. The first-order valence-electron chi connectivity index (χ1n) is 7.38. The lowest BCUT2D eigenvalue weighted by atomic mass is 10.1. The lowest BCUT2D eigenvalue weighted by Gasteiger charge is -2.06. The van der Waals surface area contributed by atoms with E-state index in [9.17, 15) is 15.0 Å². The minimum absolute atomic E-state index is 0.0176. The van der Waals surface area contributed by atoms with Crippen molar-refractivity contribution in [2.75, 3.05) is 14.2 Å². The number of benzene rings is 2. The molecule has 136 valence electrons. The fourth-order valence-corrected chi connectivity index (χ4v) is 3.01. The molecular formula is C19H16Br2O5. The van der Waals surface area contributed by atoms with Crippen LogP contribution in [0.25, 0.3) is 12.2 Å². The molecule has 0 fully saturated rings. The molecule has 26 heavy (non-hydrogen) atoms. The molecule has 0 aliphatic rings. The van der Waals surface area contributed by atoms with Crippen LogP contribution in [-0.2, 0) is 4.79 Å². The summed E-state index contributed by atoms with van der Waals surface area (Å²) in [7, 11) is 2.92. The van der Waals surface area contributed by atoms with Gasteiger partial charge in [-0.1, -0.05) is 31.9 Å². The molecule has 2 aromatic carbocycles.